The average Bonchev–Trinajstić information content (AvgIpc) is 2.33. The van der Waals surface area contributed by atoms with Gasteiger partial charge in [0.05, 0.1) is 5.92 Å². The van der Waals surface area contributed by atoms with Gasteiger partial charge in [0.1, 0.15) is 6.29 Å². The van der Waals surface area contributed by atoms with Gasteiger partial charge in [-0.2, -0.15) is 0 Å². The van der Waals surface area contributed by atoms with Crippen molar-refractivity contribution in [1.29, 1.82) is 0 Å². The van der Waals surface area contributed by atoms with Crippen LogP contribution in [-0.2, 0) is 9.59 Å². The van der Waals surface area contributed by atoms with E-state index < -0.39 is 5.97 Å². The number of carboxylic acids is 1. The average molecular weight is 278 g/mol. The van der Waals surface area contributed by atoms with Crippen molar-refractivity contribution in [1.82, 2.24) is 0 Å². The van der Waals surface area contributed by atoms with E-state index in [2.05, 4.69) is 13.8 Å². The van der Waals surface area contributed by atoms with Crippen LogP contribution < -0.4 is 0 Å². The molecular weight excluding hydrogens is 256 g/mol. The van der Waals surface area contributed by atoms with Crippen molar-refractivity contribution in [2.24, 2.45) is 5.92 Å². The molecule has 1 N–H and O–H groups in total. The maximum Gasteiger partial charge on any atom is 0.307 e. The first kappa shape index (κ1) is 16.8. The lowest BCUT2D eigenvalue weighted by molar-refractivity contribution is -0.140. The number of aldehydes is 1. The fraction of sp³-hybridized carbons (Fsp3) is 0.833. The van der Waals surface area contributed by atoms with E-state index in [1.54, 1.807) is 28.5 Å². The van der Waals surface area contributed by atoms with Gasteiger partial charge in [-0.3, -0.25) is 4.79 Å². The summed E-state index contributed by atoms with van der Waals surface area (Å²) in [5.74, 6) is -0.447. The molecule has 0 aliphatic heterocycles. The van der Waals surface area contributed by atoms with Gasteiger partial charge in [0.2, 0.25) is 0 Å². The zero-order valence-electron chi connectivity index (χ0n) is 10.8. The Morgan fingerprint density at radius 3 is 2.41 bits per heavy atom. The molecule has 0 aliphatic carbocycles. The number of rotatable bonds is 10. The van der Waals surface area contributed by atoms with Gasteiger partial charge in [-0.1, -0.05) is 42.4 Å². The Balaban J connectivity index is 4.16. The van der Waals surface area contributed by atoms with Gasteiger partial charge in [0.25, 0.3) is 0 Å². The van der Waals surface area contributed by atoms with Gasteiger partial charge < -0.3 is 9.90 Å². The molecule has 0 aromatic heterocycles. The van der Waals surface area contributed by atoms with E-state index in [1.165, 1.54) is 0 Å². The second-order valence-corrected chi connectivity index (χ2v) is 7.01. The summed E-state index contributed by atoms with van der Waals surface area (Å²) in [5, 5.41) is 8.80. The highest BCUT2D eigenvalue weighted by Gasteiger charge is 2.27. The Bertz CT molecular complexity index is 240. The molecule has 0 fully saturated rings. The molecule has 0 radical (unpaired) electrons. The number of carbonyl (C=O) groups is 2. The summed E-state index contributed by atoms with van der Waals surface area (Å²) in [5.41, 5.74) is 0. The third-order valence-electron chi connectivity index (χ3n) is 2.98. The summed E-state index contributed by atoms with van der Waals surface area (Å²) in [6.07, 6.45) is 4.45. The van der Waals surface area contributed by atoms with Crippen LogP contribution in [0.1, 0.15) is 46.5 Å². The van der Waals surface area contributed by atoms with Crippen LogP contribution in [0, 0.1) is 5.92 Å². The number of carbonyl (C=O) groups excluding carboxylic acids is 1. The van der Waals surface area contributed by atoms with Crippen LogP contribution in [0.2, 0.25) is 0 Å². The number of hydrogen-bond acceptors (Lipinski definition) is 4. The summed E-state index contributed by atoms with van der Waals surface area (Å²) >= 11 is 0. The third-order valence-corrected chi connectivity index (χ3v) is 6.69. The van der Waals surface area contributed by atoms with Gasteiger partial charge in [-0.05, 0) is 19.3 Å². The van der Waals surface area contributed by atoms with Crippen molar-refractivity contribution in [2.45, 2.75) is 51.2 Å². The molecule has 0 amide bonds. The van der Waals surface area contributed by atoms with Crippen molar-refractivity contribution in [3.63, 3.8) is 0 Å². The highest BCUT2D eigenvalue weighted by molar-refractivity contribution is 8.77. The molecule has 0 saturated heterocycles. The molecule has 0 aromatic carbocycles. The van der Waals surface area contributed by atoms with E-state index in [-0.39, 0.29) is 10.7 Å². The minimum absolute atomic E-state index is 0.115. The standard InChI is InChI=1S/C12H22O3S2/c1-4-12(5-2,7-6-8-13)17-16-9-10(3)11(14)15/h8,10H,4-7,9H2,1-3H3,(H,14,15)/t10-/m1/s1. The van der Waals surface area contributed by atoms with E-state index in [1.807, 2.05) is 0 Å². The molecule has 3 nitrogen and oxygen atoms in total. The van der Waals surface area contributed by atoms with Crippen molar-refractivity contribution in [2.75, 3.05) is 5.75 Å². The Kier molecular flexibility index (Phi) is 8.78. The zero-order chi connectivity index (χ0) is 13.3. The number of carboxylic acid groups (broad SMARTS) is 1. The van der Waals surface area contributed by atoms with E-state index >= 15 is 0 Å². The van der Waals surface area contributed by atoms with Crippen LogP contribution in [0.5, 0.6) is 0 Å². The van der Waals surface area contributed by atoms with E-state index in [0.29, 0.717) is 12.2 Å². The maximum absolute atomic E-state index is 10.7. The Morgan fingerprint density at radius 1 is 1.41 bits per heavy atom. The van der Waals surface area contributed by atoms with Crippen molar-refractivity contribution in [3.05, 3.63) is 0 Å². The van der Waals surface area contributed by atoms with Crippen molar-refractivity contribution >= 4 is 33.8 Å². The van der Waals surface area contributed by atoms with Crippen LogP contribution in [0.15, 0.2) is 0 Å². The normalized spacial score (nSPS) is 13.4. The fourth-order valence-corrected chi connectivity index (χ4v) is 5.04. The highest BCUT2D eigenvalue weighted by Crippen LogP contribution is 2.44. The predicted molar refractivity (Wildman–Crippen MR) is 75.5 cm³/mol. The highest BCUT2D eigenvalue weighted by atomic mass is 33.1. The smallest absolute Gasteiger partial charge is 0.307 e. The molecule has 0 heterocycles. The van der Waals surface area contributed by atoms with Crippen molar-refractivity contribution < 1.29 is 14.7 Å². The predicted octanol–water partition coefficient (Wildman–Crippen LogP) is 3.63. The molecule has 0 saturated carbocycles. The molecule has 0 spiro atoms. The first-order valence-electron chi connectivity index (χ1n) is 5.98. The quantitative estimate of drug-likeness (QED) is 0.488. The number of aliphatic carboxylic acids is 1. The first-order chi connectivity index (χ1) is 8.01. The summed E-state index contributed by atoms with van der Waals surface area (Å²) in [7, 11) is 3.37. The fourth-order valence-electron chi connectivity index (χ4n) is 1.42. The second-order valence-electron chi connectivity index (χ2n) is 4.20. The lowest BCUT2D eigenvalue weighted by atomic mass is 9.97. The molecule has 5 heteroatoms. The molecule has 0 rings (SSSR count). The first-order valence-corrected chi connectivity index (χ1v) is 8.30. The molecule has 0 aromatic rings. The van der Waals surface area contributed by atoms with E-state index in [4.69, 9.17) is 5.11 Å². The van der Waals surface area contributed by atoms with E-state index in [0.717, 1.165) is 25.5 Å². The Labute approximate surface area is 112 Å². The van der Waals surface area contributed by atoms with Gasteiger partial charge >= 0.3 is 5.97 Å². The Hall–Kier alpha value is -0.160. The number of hydrogen-bond donors (Lipinski definition) is 1. The van der Waals surface area contributed by atoms with E-state index in [9.17, 15) is 9.59 Å². The van der Waals surface area contributed by atoms with Crippen LogP contribution in [-0.4, -0.2) is 27.9 Å². The van der Waals surface area contributed by atoms with Gasteiger partial charge in [0.15, 0.2) is 0 Å². The topological polar surface area (TPSA) is 54.4 Å². The summed E-state index contributed by atoms with van der Waals surface area (Å²) in [6.45, 7) is 5.98. The van der Waals surface area contributed by atoms with Crippen LogP contribution in [0.3, 0.4) is 0 Å². The summed E-state index contributed by atoms with van der Waals surface area (Å²) < 4.78 is 0.115. The monoisotopic (exact) mass is 278 g/mol. The molecule has 0 aliphatic rings. The minimum atomic E-state index is -0.746. The zero-order valence-corrected chi connectivity index (χ0v) is 12.4. The Morgan fingerprint density at radius 2 is 2.00 bits per heavy atom. The molecule has 1 atom stereocenters. The molecule has 17 heavy (non-hydrogen) atoms. The van der Waals surface area contributed by atoms with Crippen LogP contribution in [0.25, 0.3) is 0 Å². The largest absolute Gasteiger partial charge is 0.481 e. The summed E-state index contributed by atoms with van der Waals surface area (Å²) in [4.78, 5) is 21.2. The molecule has 0 unspecified atom stereocenters. The third kappa shape index (κ3) is 6.36. The van der Waals surface area contributed by atoms with Gasteiger partial charge in [-0.15, -0.1) is 0 Å². The second kappa shape index (κ2) is 8.86. The van der Waals surface area contributed by atoms with Gasteiger partial charge in [0, 0.05) is 16.9 Å². The summed E-state index contributed by atoms with van der Waals surface area (Å²) in [6, 6.07) is 0. The van der Waals surface area contributed by atoms with Crippen LogP contribution in [0.4, 0.5) is 0 Å². The maximum atomic E-state index is 10.7. The minimum Gasteiger partial charge on any atom is -0.481 e. The molecule has 0 bridgehead atoms. The molecular formula is C12H22O3S2. The lowest BCUT2D eigenvalue weighted by Gasteiger charge is -2.30. The SMILES string of the molecule is CCC(CC)(CCC=O)SSC[C@@H](C)C(=O)O. The molecule has 100 valence electrons. The lowest BCUT2D eigenvalue weighted by Crippen LogP contribution is -2.22. The van der Waals surface area contributed by atoms with Gasteiger partial charge in [-0.25, -0.2) is 0 Å². The van der Waals surface area contributed by atoms with Crippen LogP contribution >= 0.6 is 21.6 Å². The van der Waals surface area contributed by atoms with Crippen molar-refractivity contribution in [3.8, 4) is 0 Å².